The van der Waals surface area contributed by atoms with E-state index in [-0.39, 0.29) is 60.8 Å². The number of nitrogens with one attached hydrogen (secondary N) is 1. The van der Waals surface area contributed by atoms with Gasteiger partial charge in [0, 0.05) is 92.4 Å². The highest BCUT2D eigenvalue weighted by atomic mass is 16.7. The number of aromatic hydroxyl groups is 1. The monoisotopic (exact) mass is 939 g/mol. The molecule has 0 radical (unpaired) electrons. The minimum Gasteiger partial charge on any atom is -0.507 e. The zero-order valence-electron chi connectivity index (χ0n) is 39.8. The van der Waals surface area contributed by atoms with Gasteiger partial charge in [0.05, 0.1) is 35.2 Å². The number of rotatable bonds is 6. The first-order valence-corrected chi connectivity index (χ1v) is 23.2. The number of piperidine rings is 1. The van der Waals surface area contributed by atoms with Crippen molar-refractivity contribution >= 4 is 56.3 Å². The maximum atomic E-state index is 14.8. The quantitative estimate of drug-likeness (QED) is 0.0922. The fourth-order valence-electron chi connectivity index (χ4n) is 10.5. The molecule has 3 aliphatic heterocycles. The molecule has 8 rings (SSSR count). The van der Waals surface area contributed by atoms with Crippen molar-refractivity contribution in [1.29, 1.82) is 0 Å². The number of carbonyl (C=O) groups excluding carboxylic acids is 2. The van der Waals surface area contributed by atoms with Crippen LogP contribution < -0.4 is 30.9 Å². The lowest BCUT2D eigenvalue weighted by molar-refractivity contribution is -0.160. The second kappa shape index (κ2) is 18.8. The number of ether oxygens (including phenoxy) is 5. The Morgan fingerprint density at radius 3 is 2.41 bits per heavy atom. The van der Waals surface area contributed by atoms with Crippen LogP contribution in [0.15, 0.2) is 62.3 Å². The Balaban J connectivity index is 1.30. The SMILES string of the molecule is CO[C@H]1/C=C/O[C@@]2(C)Oc3c(C)c(O)c4c(=O)c(c5oc6cc(OCCN7CC8CCC7C8)cc(=O)c6nc5c4c3=C2O)NC(=O)/C(C)=C\C=C\[C@H](C)[C@H](O)[C@@H](C)[C@@H](O)[C@@H](C)[C@H](OC(C)=O)[C@@H]1C. The van der Waals surface area contributed by atoms with Gasteiger partial charge >= 0.3 is 11.8 Å². The van der Waals surface area contributed by atoms with Gasteiger partial charge in [0.15, 0.2) is 22.4 Å². The number of anilines is 1. The van der Waals surface area contributed by atoms with Crippen molar-refractivity contribution in [3.05, 3.63) is 79.5 Å². The number of esters is 1. The Labute approximate surface area is 392 Å². The molecule has 1 aromatic heterocycles. The van der Waals surface area contributed by atoms with Crippen LogP contribution in [0.4, 0.5) is 5.69 Å². The Morgan fingerprint density at radius 2 is 1.74 bits per heavy atom. The summed E-state index contributed by atoms with van der Waals surface area (Å²) in [5.41, 5.74) is -2.30. The van der Waals surface area contributed by atoms with E-state index in [0.29, 0.717) is 25.1 Å². The predicted octanol–water partition coefficient (Wildman–Crippen LogP) is 5.42. The van der Waals surface area contributed by atoms with E-state index in [1.165, 1.54) is 84.6 Å². The first-order valence-electron chi connectivity index (χ1n) is 23.2. The summed E-state index contributed by atoms with van der Waals surface area (Å²) < 4.78 is 36.5. The van der Waals surface area contributed by atoms with Crippen molar-refractivity contribution < 1.29 is 58.1 Å². The molecule has 17 nitrogen and oxygen atoms in total. The summed E-state index contributed by atoms with van der Waals surface area (Å²) >= 11 is 0. The van der Waals surface area contributed by atoms with E-state index in [4.69, 9.17) is 33.1 Å². The molecule has 11 atom stereocenters. The number of hydrogen-bond acceptors (Lipinski definition) is 16. The summed E-state index contributed by atoms with van der Waals surface area (Å²) in [7, 11) is 1.44. The molecule has 0 spiro atoms. The average Bonchev–Trinajstić information content (AvgIpc) is 4.01. The van der Waals surface area contributed by atoms with Crippen LogP contribution in [-0.4, -0.2) is 105 Å². The number of likely N-dealkylation sites (tertiary alicyclic amines) is 1. The van der Waals surface area contributed by atoms with E-state index in [0.717, 1.165) is 6.54 Å². The molecular formula is C51H61N3O14. The normalized spacial score (nSPS) is 32.0. The molecule has 2 unspecified atom stereocenters. The molecule has 17 heteroatoms. The summed E-state index contributed by atoms with van der Waals surface area (Å²) in [4.78, 5) is 62.3. The maximum Gasteiger partial charge on any atom is 0.307 e. The van der Waals surface area contributed by atoms with Crippen molar-refractivity contribution in [3.63, 3.8) is 0 Å². The number of carbonyl (C=O) groups is 2. The zero-order valence-corrected chi connectivity index (χ0v) is 39.8. The Kier molecular flexibility index (Phi) is 13.4. The van der Waals surface area contributed by atoms with E-state index < -0.39 is 93.8 Å². The third kappa shape index (κ3) is 8.69. The average molecular weight is 940 g/mol. The molecule has 68 heavy (non-hydrogen) atoms. The number of fused-ring (bicyclic) bond motifs is 4. The van der Waals surface area contributed by atoms with Crippen LogP contribution in [0.1, 0.15) is 73.3 Å². The number of nitrogens with zero attached hydrogens (tertiary/aromatic N) is 2. The van der Waals surface area contributed by atoms with Crippen molar-refractivity contribution in [3.8, 4) is 17.2 Å². The second-order valence-corrected chi connectivity index (χ2v) is 19.2. The van der Waals surface area contributed by atoms with E-state index in [9.17, 15) is 39.6 Å². The van der Waals surface area contributed by atoms with Crippen LogP contribution in [-0.2, 0) is 23.8 Å². The molecule has 4 aromatic rings. The number of hydrogen-bond donors (Lipinski definition) is 5. The van der Waals surface area contributed by atoms with Crippen LogP contribution in [0.3, 0.4) is 0 Å². The van der Waals surface area contributed by atoms with Gasteiger partial charge in [-0.05, 0) is 45.1 Å². The first-order chi connectivity index (χ1) is 32.2. The number of aliphatic hydroxyl groups is 3. The molecule has 1 saturated heterocycles. The Hall–Kier alpha value is -6.01. The van der Waals surface area contributed by atoms with Gasteiger partial charge in [0.25, 0.3) is 5.91 Å². The predicted molar refractivity (Wildman–Crippen MR) is 253 cm³/mol. The van der Waals surface area contributed by atoms with Gasteiger partial charge in [-0.2, -0.15) is 0 Å². The molecular weight excluding hydrogens is 879 g/mol. The molecule has 1 aliphatic carbocycles. The van der Waals surface area contributed by atoms with Crippen LogP contribution in [0.25, 0.3) is 38.7 Å². The number of amides is 1. The Bertz CT molecular complexity index is 2950. The van der Waals surface area contributed by atoms with Gasteiger partial charge in [0.2, 0.25) is 10.9 Å². The summed E-state index contributed by atoms with van der Waals surface area (Å²) in [5, 5.41) is 49.2. The van der Waals surface area contributed by atoms with Crippen molar-refractivity contribution in [1.82, 2.24) is 9.88 Å². The maximum absolute atomic E-state index is 14.8. The van der Waals surface area contributed by atoms with Gasteiger partial charge in [-0.15, -0.1) is 0 Å². The highest BCUT2D eigenvalue weighted by molar-refractivity contribution is 6.16. The van der Waals surface area contributed by atoms with Gasteiger partial charge in [-0.3, -0.25) is 24.1 Å². The number of aromatic nitrogens is 1. The molecule has 4 aliphatic rings. The zero-order chi connectivity index (χ0) is 49.1. The van der Waals surface area contributed by atoms with Gasteiger partial charge in [0.1, 0.15) is 41.2 Å². The molecule has 3 aromatic carbocycles. The lowest BCUT2D eigenvalue weighted by atomic mass is 9.78. The summed E-state index contributed by atoms with van der Waals surface area (Å²) in [5.74, 6) is -6.07. The molecule has 2 fully saturated rings. The number of allylic oxidation sites excluding steroid dienone is 2. The standard InChI is InChI=1S/C51H61N3O14/c1-23-11-10-12-24(2)50(62)53-41-45(60)37-36(40-48(41)67-35-21-32(20-33(56)39(35)52-40)64-18-16-54-22-30-13-14-31(54)19-30)38-47(28(6)44(37)59)68-51(8,49(38)61)65-17-15-34(63-9)25(3)46(66-29(7)55)27(5)43(58)26(4)42(23)57/h10-12,15,17,20-21,23,25-27,30-31,34,42-43,46,57-59,61H,13-14,16,18-19,22H2,1-9H3,(H,53,62)/b11-10+,17-15+,24-12-/t23-,25+,26+,27+,30?,31?,34-,42-,43+,46+,51-/m0/s1. The lowest BCUT2D eigenvalue weighted by Gasteiger charge is -2.38. The minimum absolute atomic E-state index is 0.0484. The number of benzene rings is 3. The summed E-state index contributed by atoms with van der Waals surface area (Å²) in [6, 6.07) is 3.33. The fraction of sp³-hybridized carbons (Fsp3) is 0.510. The highest BCUT2D eigenvalue weighted by Crippen LogP contribution is 2.43. The third-order valence-corrected chi connectivity index (χ3v) is 14.6. The second-order valence-electron chi connectivity index (χ2n) is 19.2. The molecule has 1 saturated carbocycles. The van der Waals surface area contributed by atoms with E-state index in [1.807, 2.05) is 0 Å². The molecule has 4 heterocycles. The van der Waals surface area contributed by atoms with E-state index in [2.05, 4.69) is 10.2 Å². The number of phenols is 1. The first kappa shape index (κ1) is 48.4. The third-order valence-electron chi connectivity index (χ3n) is 14.6. The Morgan fingerprint density at radius 1 is 0.985 bits per heavy atom. The number of aliphatic hydroxyl groups excluding tert-OH is 3. The molecule has 1 amide bonds. The smallest absolute Gasteiger partial charge is 0.307 e. The molecule has 364 valence electrons. The van der Waals surface area contributed by atoms with Gasteiger partial charge in [-0.25, -0.2) is 4.98 Å². The van der Waals surface area contributed by atoms with Crippen LogP contribution in [0.2, 0.25) is 0 Å². The van der Waals surface area contributed by atoms with Crippen LogP contribution in [0, 0.1) is 36.5 Å². The van der Waals surface area contributed by atoms with E-state index in [1.54, 1.807) is 39.8 Å². The van der Waals surface area contributed by atoms with Crippen LogP contribution >= 0.6 is 0 Å². The summed E-state index contributed by atoms with van der Waals surface area (Å²) in [6.45, 7) is 14.6. The largest absolute Gasteiger partial charge is 0.507 e. The molecule has 5 N–H and O–H groups in total. The van der Waals surface area contributed by atoms with Crippen molar-refractivity contribution in [2.24, 2.45) is 29.6 Å². The highest BCUT2D eigenvalue weighted by Gasteiger charge is 2.44. The summed E-state index contributed by atoms with van der Waals surface area (Å²) in [6.07, 6.45) is 7.12. The lowest BCUT2D eigenvalue weighted by Crippen LogP contribution is -2.46. The minimum atomic E-state index is -1.99. The van der Waals surface area contributed by atoms with Crippen molar-refractivity contribution in [2.45, 2.75) is 111 Å². The number of phenolic OH excluding ortho intramolecular Hbond substituents is 1. The van der Waals surface area contributed by atoms with Crippen molar-refractivity contribution in [2.75, 3.05) is 32.1 Å². The van der Waals surface area contributed by atoms with Gasteiger partial charge in [-0.1, -0.05) is 45.9 Å². The van der Waals surface area contributed by atoms with Crippen LogP contribution in [0.5, 0.6) is 17.2 Å². The molecule has 6 bridgehead atoms. The van der Waals surface area contributed by atoms with E-state index >= 15 is 0 Å². The number of methoxy groups -OCH3 is 1. The fourth-order valence-corrected chi connectivity index (χ4v) is 10.5. The van der Waals surface area contributed by atoms with Gasteiger partial charge < -0.3 is 53.8 Å². The topological polar surface area (TPSA) is 237 Å².